The van der Waals surface area contributed by atoms with Gasteiger partial charge in [-0.2, -0.15) is 0 Å². The zero-order chi connectivity index (χ0) is 12.9. The van der Waals surface area contributed by atoms with Crippen LogP contribution in [0, 0.1) is 0 Å². The summed E-state index contributed by atoms with van der Waals surface area (Å²) in [6, 6.07) is 0. The summed E-state index contributed by atoms with van der Waals surface area (Å²) in [6.45, 7) is 11.9. The number of rotatable bonds is 4. The molecule has 0 radical (unpaired) electrons. The van der Waals surface area contributed by atoms with Crippen molar-refractivity contribution in [3.63, 3.8) is 0 Å². The molecule has 0 aliphatic heterocycles. The van der Waals surface area contributed by atoms with Gasteiger partial charge < -0.3 is 0 Å². The van der Waals surface area contributed by atoms with Gasteiger partial charge in [-0.15, -0.1) is 0 Å². The average molecular weight is 319 g/mol. The third kappa shape index (κ3) is 15.6. The fourth-order valence-corrected chi connectivity index (χ4v) is 2.90. The van der Waals surface area contributed by atoms with E-state index in [0.29, 0.717) is 17.1 Å². The molecule has 0 bridgehead atoms. The minimum absolute atomic E-state index is 0.503. The van der Waals surface area contributed by atoms with Gasteiger partial charge in [0, 0.05) is 0 Å². The van der Waals surface area contributed by atoms with Crippen molar-refractivity contribution >= 4 is 0 Å². The first-order chi connectivity index (χ1) is 8.13. The van der Waals surface area contributed by atoms with E-state index in [1.54, 1.807) is 0 Å². The molecule has 1 aliphatic carbocycles. The van der Waals surface area contributed by atoms with Crippen LogP contribution in [-0.4, -0.2) is 0 Å². The molecule has 0 spiro atoms. The Bertz CT molecular complexity index is 231. The standard InChI is InChI=1S/C8H12.2C4H7.Ru/c1-2-4-6-8-7-5-3-1;2*1-4(2)3;/h1-2,7-8H,3-6H2;2*1-2H2,3H3;/b2-1-,8-7-;;;. The second-order valence-corrected chi connectivity index (χ2v) is 6.54. The summed E-state index contributed by atoms with van der Waals surface area (Å²) in [6.07, 6.45) is 14.0. The normalized spacial score (nSPS) is 18.2. The molecule has 0 atom stereocenters. The van der Waals surface area contributed by atoms with Crippen LogP contribution in [0.25, 0.3) is 0 Å². The maximum atomic E-state index is 3.84. The summed E-state index contributed by atoms with van der Waals surface area (Å²) in [4.78, 5) is 0. The van der Waals surface area contributed by atoms with Crippen LogP contribution in [0.4, 0.5) is 0 Å². The molecule has 0 N–H and O–H groups in total. The molecule has 17 heavy (non-hydrogen) atoms. The minimum atomic E-state index is 0.503. The fraction of sp³-hybridized carbons (Fsp3) is 0.500. The molecule has 0 nitrogen and oxygen atoms in total. The molecule has 0 unspecified atom stereocenters. The number of hydrogen-bond donors (Lipinski definition) is 0. The van der Waals surface area contributed by atoms with Crippen molar-refractivity contribution in [3.05, 3.63) is 48.6 Å². The summed E-state index contributed by atoms with van der Waals surface area (Å²) >= 11 is 0.503. The molecule has 0 fully saturated rings. The summed E-state index contributed by atoms with van der Waals surface area (Å²) in [5.74, 6) is 0. The summed E-state index contributed by atoms with van der Waals surface area (Å²) in [7, 11) is 0. The van der Waals surface area contributed by atoms with Crippen molar-refractivity contribution in [1.82, 2.24) is 0 Å². The Kier molecular flexibility index (Phi) is 11.8. The molecular formula is C16H26Ru. The van der Waals surface area contributed by atoms with E-state index in [-0.39, 0.29) is 0 Å². The predicted octanol–water partition coefficient (Wildman–Crippen LogP) is 5.73. The van der Waals surface area contributed by atoms with Crippen LogP contribution in [0.5, 0.6) is 0 Å². The van der Waals surface area contributed by atoms with E-state index < -0.39 is 0 Å². The molecule has 1 heteroatoms. The van der Waals surface area contributed by atoms with E-state index in [1.807, 2.05) is 0 Å². The Hall–Kier alpha value is -0.417. The first-order valence-corrected chi connectivity index (χ1v) is 8.67. The second-order valence-electron chi connectivity index (χ2n) is 4.44. The fourth-order valence-electron chi connectivity index (χ4n) is 1.20. The molecule has 98 valence electrons. The van der Waals surface area contributed by atoms with Crippen LogP contribution in [0.2, 0.25) is 10.0 Å². The van der Waals surface area contributed by atoms with Crippen LogP contribution < -0.4 is 0 Å². The van der Waals surface area contributed by atoms with Crippen LogP contribution in [0.15, 0.2) is 48.6 Å². The van der Waals surface area contributed by atoms with E-state index in [9.17, 15) is 0 Å². The molecule has 0 heterocycles. The van der Waals surface area contributed by atoms with Gasteiger partial charge >= 0.3 is 65.3 Å². The first-order valence-electron chi connectivity index (χ1n) is 6.21. The monoisotopic (exact) mass is 320 g/mol. The SMILES string of the molecule is C1=C\CC/C=C\CC/1.C=C(C)[CH2][Ru][CH2]C(=C)C. The Morgan fingerprint density at radius 1 is 0.824 bits per heavy atom. The quantitative estimate of drug-likeness (QED) is 0.458. The summed E-state index contributed by atoms with van der Waals surface area (Å²) in [5.41, 5.74) is 2.63. The van der Waals surface area contributed by atoms with Crippen LogP contribution >= 0.6 is 0 Å². The number of hydrogen-bond acceptors (Lipinski definition) is 0. The van der Waals surface area contributed by atoms with Gasteiger partial charge in [0.15, 0.2) is 0 Å². The molecule has 0 aromatic rings. The zero-order valence-electron chi connectivity index (χ0n) is 11.3. The van der Waals surface area contributed by atoms with E-state index in [0.717, 1.165) is 0 Å². The van der Waals surface area contributed by atoms with Crippen molar-refractivity contribution in [1.29, 1.82) is 0 Å². The Morgan fingerprint density at radius 2 is 1.12 bits per heavy atom. The molecule has 0 saturated carbocycles. The Labute approximate surface area is 115 Å². The average Bonchev–Trinajstić information content (AvgIpc) is 2.15. The predicted molar refractivity (Wildman–Crippen MR) is 76.0 cm³/mol. The van der Waals surface area contributed by atoms with Gasteiger partial charge in [-0.1, -0.05) is 24.3 Å². The van der Waals surface area contributed by atoms with Crippen LogP contribution in [0.3, 0.4) is 0 Å². The van der Waals surface area contributed by atoms with Gasteiger partial charge in [0.1, 0.15) is 0 Å². The third-order valence-corrected chi connectivity index (χ3v) is 4.90. The molecular weight excluding hydrogens is 293 g/mol. The molecule has 0 aromatic heterocycles. The van der Waals surface area contributed by atoms with E-state index in [4.69, 9.17) is 0 Å². The first kappa shape index (κ1) is 16.6. The van der Waals surface area contributed by atoms with Gasteiger partial charge in [-0.05, 0) is 25.7 Å². The van der Waals surface area contributed by atoms with Crippen molar-refractivity contribution in [2.75, 3.05) is 0 Å². The zero-order valence-corrected chi connectivity index (χ0v) is 13.1. The van der Waals surface area contributed by atoms with E-state index >= 15 is 0 Å². The van der Waals surface area contributed by atoms with Crippen molar-refractivity contribution in [2.24, 2.45) is 0 Å². The van der Waals surface area contributed by atoms with Crippen molar-refractivity contribution < 1.29 is 17.1 Å². The van der Waals surface area contributed by atoms with Crippen molar-refractivity contribution in [2.45, 2.75) is 49.6 Å². The molecule has 0 aromatic carbocycles. The topological polar surface area (TPSA) is 0 Å². The van der Waals surface area contributed by atoms with Gasteiger partial charge in [0.05, 0.1) is 0 Å². The maximum absolute atomic E-state index is 3.84. The molecule has 1 rings (SSSR count). The molecule has 1 aliphatic rings. The van der Waals surface area contributed by atoms with E-state index in [1.165, 1.54) is 46.9 Å². The van der Waals surface area contributed by atoms with Crippen LogP contribution in [-0.2, 0) is 17.1 Å². The van der Waals surface area contributed by atoms with Crippen molar-refractivity contribution in [3.8, 4) is 0 Å². The Balaban J connectivity index is 0.000000302. The van der Waals surface area contributed by atoms with Gasteiger partial charge in [0.25, 0.3) is 0 Å². The van der Waals surface area contributed by atoms with Gasteiger partial charge in [0.2, 0.25) is 0 Å². The Morgan fingerprint density at radius 3 is 1.35 bits per heavy atom. The second kappa shape index (κ2) is 12.1. The van der Waals surface area contributed by atoms with Gasteiger partial charge in [-0.3, -0.25) is 0 Å². The van der Waals surface area contributed by atoms with Gasteiger partial charge in [-0.25, -0.2) is 0 Å². The summed E-state index contributed by atoms with van der Waals surface area (Å²) in [5, 5.41) is 2.47. The molecule has 0 saturated heterocycles. The summed E-state index contributed by atoms with van der Waals surface area (Å²) < 4.78 is 0. The third-order valence-electron chi connectivity index (χ3n) is 1.94. The van der Waals surface area contributed by atoms with E-state index in [2.05, 4.69) is 51.3 Å². The number of allylic oxidation sites excluding steroid dienone is 6. The molecule has 0 amide bonds. The van der Waals surface area contributed by atoms with Crippen LogP contribution in [0.1, 0.15) is 39.5 Å².